The molecule has 11 heteroatoms. The molecule has 0 spiro atoms. The number of nitrogens with zero attached hydrogens (tertiary/aromatic N) is 9. The molecule has 0 fully saturated rings. The Hall–Kier alpha value is -3.63. The summed E-state index contributed by atoms with van der Waals surface area (Å²) in [7, 11) is 3.82. The van der Waals surface area contributed by atoms with Gasteiger partial charge in [0.05, 0.1) is 11.7 Å². The molecule has 2 rings (SSSR count). The number of fused-ring (bicyclic) bond motifs is 1. The van der Waals surface area contributed by atoms with Gasteiger partial charge >= 0.3 is 0 Å². The van der Waals surface area contributed by atoms with Crippen LogP contribution < -0.4 is 11.7 Å². The highest BCUT2D eigenvalue weighted by molar-refractivity contribution is 5.77. The zero-order valence-corrected chi connectivity index (χ0v) is 13.9. The number of aromatic nitrogens is 2. The number of azo groups is 2. The highest BCUT2D eigenvalue weighted by Gasteiger charge is 2.13. The lowest BCUT2D eigenvalue weighted by Gasteiger charge is -2.17. The zero-order chi connectivity index (χ0) is 18.1. The van der Waals surface area contributed by atoms with Crippen LogP contribution in [0, 0.1) is 0 Å². The molecule has 0 aliphatic carbocycles. The van der Waals surface area contributed by atoms with E-state index in [4.69, 9.17) is 11.7 Å². The van der Waals surface area contributed by atoms with E-state index in [-0.39, 0.29) is 0 Å². The summed E-state index contributed by atoms with van der Waals surface area (Å²) in [6.45, 7) is 0. The minimum atomic E-state index is -0.716. The van der Waals surface area contributed by atoms with Crippen molar-refractivity contribution in [1.29, 1.82) is 0 Å². The van der Waals surface area contributed by atoms with Crippen molar-refractivity contribution in [3.63, 3.8) is 0 Å². The highest BCUT2D eigenvalue weighted by Crippen LogP contribution is 2.23. The van der Waals surface area contributed by atoms with Crippen LogP contribution in [0.25, 0.3) is 11.2 Å². The van der Waals surface area contributed by atoms with Gasteiger partial charge in [-0.2, -0.15) is 25.5 Å². The summed E-state index contributed by atoms with van der Waals surface area (Å²) >= 11 is 0. The fourth-order valence-electron chi connectivity index (χ4n) is 2.10. The minimum absolute atomic E-state index is 0.716. The zero-order valence-electron chi connectivity index (χ0n) is 13.9. The summed E-state index contributed by atoms with van der Waals surface area (Å²) in [5.41, 5.74) is 2.71. The number of hydrogen-bond donors (Lipinski definition) is 2. The SMILES string of the molecule is CN(C)/C(=C\C(N=NC=NN)N=NC=NN)c1cnn2ccccc12. The van der Waals surface area contributed by atoms with Gasteiger partial charge in [0.1, 0.15) is 0 Å². The molecule has 0 bridgehead atoms. The van der Waals surface area contributed by atoms with Crippen molar-refractivity contribution in [2.75, 3.05) is 14.1 Å². The van der Waals surface area contributed by atoms with Crippen LogP contribution in [0.1, 0.15) is 5.56 Å². The second kappa shape index (κ2) is 8.86. The summed E-state index contributed by atoms with van der Waals surface area (Å²) in [6, 6.07) is 5.83. The van der Waals surface area contributed by atoms with Gasteiger partial charge in [-0.15, -0.1) is 10.2 Å². The molecule has 0 saturated carbocycles. The predicted molar refractivity (Wildman–Crippen MR) is 95.7 cm³/mol. The average molecular weight is 341 g/mol. The van der Waals surface area contributed by atoms with Gasteiger partial charge in [0.15, 0.2) is 12.7 Å². The topological polar surface area (TPSA) is 147 Å². The van der Waals surface area contributed by atoms with Gasteiger partial charge < -0.3 is 16.6 Å². The van der Waals surface area contributed by atoms with Crippen LogP contribution in [0.15, 0.2) is 67.3 Å². The Morgan fingerprint density at radius 3 is 2.44 bits per heavy atom. The van der Waals surface area contributed by atoms with E-state index in [9.17, 15) is 0 Å². The molecule has 2 aromatic rings. The Morgan fingerprint density at radius 1 is 1.16 bits per heavy atom. The molecule has 2 heterocycles. The van der Waals surface area contributed by atoms with E-state index >= 15 is 0 Å². The average Bonchev–Trinajstić information content (AvgIpc) is 3.03. The molecule has 0 saturated heterocycles. The van der Waals surface area contributed by atoms with Crippen molar-refractivity contribution in [3.05, 3.63) is 42.2 Å². The van der Waals surface area contributed by atoms with Crippen molar-refractivity contribution in [3.8, 4) is 0 Å². The Bertz CT molecular complexity index is 806. The first-order valence-electron chi connectivity index (χ1n) is 7.22. The van der Waals surface area contributed by atoms with E-state index in [2.05, 4.69) is 35.8 Å². The predicted octanol–water partition coefficient (Wildman–Crippen LogP) is 1.27. The van der Waals surface area contributed by atoms with Gasteiger partial charge in [0.2, 0.25) is 6.17 Å². The molecule has 0 unspecified atom stereocenters. The quantitative estimate of drug-likeness (QED) is 0.256. The fraction of sp³-hybridized carbons (Fsp3) is 0.214. The van der Waals surface area contributed by atoms with Crippen LogP contribution in [0.5, 0.6) is 0 Å². The summed E-state index contributed by atoms with van der Waals surface area (Å²) in [6.07, 6.45) is 6.93. The number of nitrogens with two attached hydrogens (primary N) is 2. The van der Waals surface area contributed by atoms with E-state index < -0.39 is 6.17 Å². The molecule has 0 radical (unpaired) electrons. The highest BCUT2D eigenvalue weighted by atomic mass is 15.3. The Balaban J connectivity index is 2.47. The Morgan fingerprint density at radius 2 is 1.84 bits per heavy atom. The van der Waals surface area contributed by atoms with Crippen LogP contribution in [0.3, 0.4) is 0 Å². The first-order valence-corrected chi connectivity index (χ1v) is 7.22. The van der Waals surface area contributed by atoms with Gasteiger partial charge in [-0.05, 0) is 18.2 Å². The van der Waals surface area contributed by atoms with E-state index in [0.717, 1.165) is 29.5 Å². The molecular weight excluding hydrogens is 322 g/mol. The summed E-state index contributed by atoms with van der Waals surface area (Å²) in [5, 5.41) is 26.3. The van der Waals surface area contributed by atoms with E-state index in [1.54, 1.807) is 16.8 Å². The number of hydrazone groups is 2. The lowest BCUT2D eigenvalue weighted by Crippen LogP contribution is -2.12. The van der Waals surface area contributed by atoms with Crippen molar-refractivity contribution in [2.45, 2.75) is 6.17 Å². The maximum Gasteiger partial charge on any atom is 0.202 e. The third-order valence-corrected chi connectivity index (χ3v) is 3.10. The smallest absolute Gasteiger partial charge is 0.202 e. The van der Waals surface area contributed by atoms with Gasteiger partial charge in [0.25, 0.3) is 0 Å². The largest absolute Gasteiger partial charge is 0.377 e. The van der Waals surface area contributed by atoms with Crippen molar-refractivity contribution in [2.24, 2.45) is 42.3 Å². The maximum absolute atomic E-state index is 5.01. The van der Waals surface area contributed by atoms with Gasteiger partial charge in [-0.3, -0.25) is 0 Å². The summed E-state index contributed by atoms with van der Waals surface area (Å²) in [4.78, 5) is 1.93. The summed E-state index contributed by atoms with van der Waals surface area (Å²) < 4.78 is 1.78. The van der Waals surface area contributed by atoms with Crippen LogP contribution in [0.4, 0.5) is 0 Å². The number of hydrogen-bond acceptors (Lipinski definition) is 8. The number of pyridine rings is 1. The molecule has 2 aromatic heterocycles. The van der Waals surface area contributed by atoms with Gasteiger partial charge in [-0.25, -0.2) is 4.52 Å². The maximum atomic E-state index is 5.01. The van der Waals surface area contributed by atoms with Gasteiger partial charge in [0, 0.05) is 31.6 Å². The van der Waals surface area contributed by atoms with Gasteiger partial charge in [-0.1, -0.05) is 6.07 Å². The molecule has 0 atom stereocenters. The molecule has 0 aliphatic rings. The minimum Gasteiger partial charge on any atom is -0.377 e. The van der Waals surface area contributed by atoms with Crippen LogP contribution in [-0.2, 0) is 0 Å². The molecule has 0 aromatic carbocycles. The van der Waals surface area contributed by atoms with E-state index in [1.165, 1.54) is 0 Å². The molecule has 130 valence electrons. The first kappa shape index (κ1) is 17.7. The van der Waals surface area contributed by atoms with Crippen molar-refractivity contribution >= 4 is 23.9 Å². The fourth-order valence-corrected chi connectivity index (χ4v) is 2.10. The normalized spacial score (nSPS) is 14.6. The first-order chi connectivity index (χ1) is 12.2. The van der Waals surface area contributed by atoms with Crippen LogP contribution in [0.2, 0.25) is 0 Å². The molecule has 4 N–H and O–H groups in total. The van der Waals surface area contributed by atoms with E-state index in [0.29, 0.717) is 0 Å². The molecule has 0 amide bonds. The van der Waals surface area contributed by atoms with E-state index in [1.807, 2.05) is 43.4 Å². The standard InChI is InChI=1S/C14H19N11/c1-24(2)13(11-8-21-25-6-4-3-5-12(11)25)7-14(22-19-9-17-15)23-20-10-18-16/h3-10,14H,15-16H2,1-2H3/b13-7-,17-9?,18-10?,22-19?,23-20?. The number of rotatable bonds is 7. The lowest BCUT2D eigenvalue weighted by molar-refractivity contribution is 0.586. The molecule has 0 aliphatic heterocycles. The third-order valence-electron chi connectivity index (χ3n) is 3.10. The van der Waals surface area contributed by atoms with Crippen molar-refractivity contribution in [1.82, 2.24) is 14.5 Å². The second-order valence-corrected chi connectivity index (χ2v) is 4.94. The third kappa shape index (κ3) is 4.67. The van der Waals surface area contributed by atoms with Crippen LogP contribution >= 0.6 is 0 Å². The summed E-state index contributed by atoms with van der Waals surface area (Å²) in [5.74, 6) is 10.0. The Labute approximate surface area is 144 Å². The van der Waals surface area contributed by atoms with Crippen molar-refractivity contribution < 1.29 is 0 Å². The molecule has 25 heavy (non-hydrogen) atoms. The second-order valence-electron chi connectivity index (χ2n) is 4.94. The van der Waals surface area contributed by atoms with Crippen LogP contribution in [-0.4, -0.2) is 47.5 Å². The molecule has 11 nitrogen and oxygen atoms in total. The molecular formula is C14H19N11. The monoisotopic (exact) mass is 341 g/mol. The Kier molecular flexibility index (Phi) is 6.28. The lowest BCUT2D eigenvalue weighted by atomic mass is 10.1.